The van der Waals surface area contributed by atoms with Crippen LogP contribution >= 0.6 is 0 Å². The summed E-state index contributed by atoms with van der Waals surface area (Å²) >= 11 is 0. The van der Waals surface area contributed by atoms with Crippen molar-refractivity contribution in [2.75, 3.05) is 6.61 Å². The lowest BCUT2D eigenvalue weighted by atomic mass is 9.93. The van der Waals surface area contributed by atoms with Crippen LogP contribution in [0.1, 0.15) is 23.0 Å². The summed E-state index contributed by atoms with van der Waals surface area (Å²) in [4.78, 5) is 15.1. The van der Waals surface area contributed by atoms with E-state index in [2.05, 4.69) is 4.98 Å². The first-order valence-corrected chi connectivity index (χ1v) is 4.04. The lowest BCUT2D eigenvalue weighted by Gasteiger charge is -2.03. The molecule has 0 aliphatic rings. The van der Waals surface area contributed by atoms with Crippen molar-refractivity contribution in [3.05, 3.63) is 23.5 Å². The van der Waals surface area contributed by atoms with Gasteiger partial charge in [0.05, 0.1) is 12.2 Å². The number of carbonyl (C=O) groups is 1. The molecule has 0 saturated carbocycles. The van der Waals surface area contributed by atoms with Crippen LogP contribution in [0.15, 0.2) is 12.3 Å². The second-order valence-electron chi connectivity index (χ2n) is 2.62. The number of hydrogen-bond acceptors (Lipinski definition) is 3. The minimum Gasteiger partial charge on any atom is -0.462 e. The Hall–Kier alpha value is -1.32. The van der Waals surface area contributed by atoms with E-state index in [-0.39, 0.29) is 5.97 Å². The molecule has 66 valence electrons. The zero-order valence-corrected chi connectivity index (χ0v) is 7.70. The summed E-state index contributed by atoms with van der Waals surface area (Å²) in [6.07, 6.45) is 1.46. The molecule has 1 rings (SSSR count). The standard InChI is InChI=1S/C9H10BNO2/c1-3-13-9(12)7-4-8(10)6(2)11-5-7/h4-5H,3H2,1-2H3. The quantitative estimate of drug-likeness (QED) is 0.481. The molecule has 2 radical (unpaired) electrons. The van der Waals surface area contributed by atoms with Crippen LogP contribution in [0.4, 0.5) is 0 Å². The normalized spacial score (nSPS) is 9.69. The molecule has 0 amide bonds. The molecular formula is C9H10BNO2. The smallest absolute Gasteiger partial charge is 0.339 e. The highest BCUT2D eigenvalue weighted by atomic mass is 16.5. The molecule has 0 atom stereocenters. The highest BCUT2D eigenvalue weighted by Gasteiger charge is 2.06. The maximum atomic E-state index is 11.2. The van der Waals surface area contributed by atoms with Crippen LogP contribution in [0, 0.1) is 6.92 Å². The highest BCUT2D eigenvalue weighted by molar-refractivity contribution is 6.33. The lowest BCUT2D eigenvalue weighted by molar-refractivity contribution is 0.0526. The molecule has 0 fully saturated rings. The van der Waals surface area contributed by atoms with E-state index in [4.69, 9.17) is 12.6 Å². The van der Waals surface area contributed by atoms with Crippen LogP contribution in [-0.4, -0.2) is 25.4 Å². The minimum absolute atomic E-state index is 0.354. The zero-order chi connectivity index (χ0) is 9.84. The van der Waals surface area contributed by atoms with Crippen molar-refractivity contribution in [2.45, 2.75) is 13.8 Å². The fourth-order valence-corrected chi connectivity index (χ4v) is 0.876. The third-order valence-corrected chi connectivity index (χ3v) is 1.64. The Labute approximate surface area is 78.5 Å². The van der Waals surface area contributed by atoms with Crippen molar-refractivity contribution in [2.24, 2.45) is 0 Å². The van der Waals surface area contributed by atoms with E-state index in [1.54, 1.807) is 19.9 Å². The molecule has 1 aromatic heterocycles. The average Bonchev–Trinajstić information content (AvgIpc) is 2.10. The summed E-state index contributed by atoms with van der Waals surface area (Å²) in [6, 6.07) is 1.57. The predicted molar refractivity (Wildman–Crippen MR) is 50.3 cm³/mol. The first kappa shape index (κ1) is 9.77. The molecule has 0 unspecified atom stereocenters. The number of ether oxygens (including phenoxy) is 1. The van der Waals surface area contributed by atoms with E-state index in [1.807, 2.05) is 0 Å². The van der Waals surface area contributed by atoms with E-state index in [1.165, 1.54) is 6.20 Å². The van der Waals surface area contributed by atoms with Gasteiger partial charge >= 0.3 is 5.97 Å². The van der Waals surface area contributed by atoms with E-state index < -0.39 is 0 Å². The fourth-order valence-electron chi connectivity index (χ4n) is 0.876. The second-order valence-corrected chi connectivity index (χ2v) is 2.62. The third kappa shape index (κ3) is 2.31. The van der Waals surface area contributed by atoms with Gasteiger partial charge in [0.2, 0.25) is 0 Å². The van der Waals surface area contributed by atoms with Crippen molar-refractivity contribution >= 4 is 19.3 Å². The second kappa shape index (κ2) is 4.07. The predicted octanol–water partition coefficient (Wildman–Crippen LogP) is 0.361. The van der Waals surface area contributed by atoms with E-state index in [0.29, 0.717) is 23.3 Å². The molecule has 0 saturated heterocycles. The van der Waals surface area contributed by atoms with Gasteiger partial charge in [-0.2, -0.15) is 0 Å². The first-order valence-electron chi connectivity index (χ1n) is 4.04. The molecule has 0 spiro atoms. The summed E-state index contributed by atoms with van der Waals surface area (Å²) in [6.45, 7) is 3.89. The van der Waals surface area contributed by atoms with Gasteiger partial charge in [0.1, 0.15) is 7.85 Å². The molecule has 0 aliphatic heterocycles. The van der Waals surface area contributed by atoms with Gasteiger partial charge in [0.25, 0.3) is 0 Å². The number of carbonyl (C=O) groups excluding carboxylic acids is 1. The Morgan fingerprint density at radius 3 is 2.92 bits per heavy atom. The van der Waals surface area contributed by atoms with Gasteiger partial charge in [-0.1, -0.05) is 11.5 Å². The number of esters is 1. The SMILES string of the molecule is [B]c1cc(C(=O)OCC)cnc1C. The van der Waals surface area contributed by atoms with Crippen LogP contribution in [0.3, 0.4) is 0 Å². The minimum atomic E-state index is -0.387. The van der Waals surface area contributed by atoms with Crippen LogP contribution < -0.4 is 5.46 Å². The number of rotatable bonds is 2. The van der Waals surface area contributed by atoms with Crippen molar-refractivity contribution in [3.8, 4) is 0 Å². The summed E-state index contributed by atoms with van der Waals surface area (Å²) in [7, 11) is 5.58. The van der Waals surface area contributed by atoms with Gasteiger partial charge in [0, 0.05) is 11.9 Å². The molecule has 1 aromatic rings. The maximum Gasteiger partial charge on any atom is 0.339 e. The van der Waals surface area contributed by atoms with E-state index in [0.717, 1.165) is 0 Å². The van der Waals surface area contributed by atoms with Crippen molar-refractivity contribution in [3.63, 3.8) is 0 Å². The van der Waals surface area contributed by atoms with Gasteiger partial charge in [-0.15, -0.1) is 0 Å². The molecule has 3 nitrogen and oxygen atoms in total. The number of aryl methyl sites for hydroxylation is 1. The van der Waals surface area contributed by atoms with Crippen LogP contribution in [0.2, 0.25) is 0 Å². The highest BCUT2D eigenvalue weighted by Crippen LogP contribution is 1.98. The largest absolute Gasteiger partial charge is 0.462 e. The molecule has 0 bridgehead atoms. The Bertz CT molecular complexity index is 325. The monoisotopic (exact) mass is 175 g/mol. The summed E-state index contributed by atoms with van der Waals surface area (Å²) in [5.41, 5.74) is 1.61. The fraction of sp³-hybridized carbons (Fsp3) is 0.333. The number of aromatic nitrogens is 1. The van der Waals surface area contributed by atoms with Gasteiger partial charge in [-0.3, -0.25) is 4.98 Å². The third-order valence-electron chi connectivity index (χ3n) is 1.64. The van der Waals surface area contributed by atoms with E-state index in [9.17, 15) is 4.79 Å². The van der Waals surface area contributed by atoms with Gasteiger partial charge < -0.3 is 4.74 Å². The molecule has 4 heteroatoms. The van der Waals surface area contributed by atoms with Gasteiger partial charge in [0.15, 0.2) is 0 Å². The number of pyridine rings is 1. The molecule has 0 N–H and O–H groups in total. The maximum absolute atomic E-state index is 11.2. The Morgan fingerprint density at radius 1 is 1.69 bits per heavy atom. The Kier molecular flexibility index (Phi) is 3.06. The number of nitrogens with zero attached hydrogens (tertiary/aromatic N) is 1. The topological polar surface area (TPSA) is 39.2 Å². The molecule has 13 heavy (non-hydrogen) atoms. The molecule has 0 aromatic carbocycles. The first-order chi connectivity index (χ1) is 6.15. The summed E-state index contributed by atoms with van der Waals surface area (Å²) in [5.74, 6) is -0.387. The van der Waals surface area contributed by atoms with E-state index >= 15 is 0 Å². The Balaban J connectivity index is 2.90. The van der Waals surface area contributed by atoms with Crippen molar-refractivity contribution < 1.29 is 9.53 Å². The molecule has 1 heterocycles. The lowest BCUT2D eigenvalue weighted by Crippen LogP contribution is -2.14. The summed E-state index contributed by atoms with van der Waals surface area (Å²) < 4.78 is 4.79. The van der Waals surface area contributed by atoms with Crippen LogP contribution in [0.25, 0.3) is 0 Å². The number of hydrogen-bond donors (Lipinski definition) is 0. The Morgan fingerprint density at radius 2 is 2.38 bits per heavy atom. The van der Waals surface area contributed by atoms with Gasteiger partial charge in [-0.25, -0.2) is 4.79 Å². The van der Waals surface area contributed by atoms with Crippen molar-refractivity contribution in [1.82, 2.24) is 4.98 Å². The van der Waals surface area contributed by atoms with Crippen LogP contribution in [0.5, 0.6) is 0 Å². The summed E-state index contributed by atoms with van der Waals surface area (Å²) in [5, 5.41) is 0. The van der Waals surface area contributed by atoms with Crippen LogP contribution in [-0.2, 0) is 4.74 Å². The van der Waals surface area contributed by atoms with Gasteiger partial charge in [-0.05, 0) is 13.8 Å². The van der Waals surface area contributed by atoms with Crippen molar-refractivity contribution in [1.29, 1.82) is 0 Å². The zero-order valence-electron chi connectivity index (χ0n) is 7.70. The average molecular weight is 175 g/mol. The molecular weight excluding hydrogens is 165 g/mol. The molecule has 0 aliphatic carbocycles.